The predicted octanol–water partition coefficient (Wildman–Crippen LogP) is 2.71. The van der Waals surface area contributed by atoms with E-state index in [1.165, 1.54) is 33.9 Å². The van der Waals surface area contributed by atoms with E-state index in [0.29, 0.717) is 24.0 Å². The van der Waals surface area contributed by atoms with Crippen molar-refractivity contribution in [3.63, 3.8) is 0 Å². The standard InChI is InChI=1S/C20H13F4N9O2/c21-10-2-1-5-32-14(10)8-13(29-32)16-15-11(25-9-26-15)3-6-31(16)19(34)18-28-27-17(35-18)12-4-7-33(30-12)20(22,23)24/h1-2,4-5,7-9,16H,3,6H2,(H,25,26)/t16-/m0/s1. The summed E-state index contributed by atoms with van der Waals surface area (Å²) in [4.78, 5) is 22.1. The normalized spacial score (nSPS) is 16.1. The average molecular weight is 487 g/mol. The van der Waals surface area contributed by atoms with Gasteiger partial charge in [0.15, 0.2) is 0 Å². The Labute approximate surface area is 192 Å². The van der Waals surface area contributed by atoms with Crippen LogP contribution in [0.3, 0.4) is 0 Å². The lowest BCUT2D eigenvalue weighted by Crippen LogP contribution is -2.41. The van der Waals surface area contributed by atoms with Gasteiger partial charge in [0.05, 0.1) is 17.7 Å². The number of H-pyrrole nitrogens is 1. The van der Waals surface area contributed by atoms with Crippen LogP contribution in [0.2, 0.25) is 0 Å². The van der Waals surface area contributed by atoms with Gasteiger partial charge in [-0.3, -0.25) is 4.79 Å². The Kier molecular flexibility index (Phi) is 4.49. The Morgan fingerprint density at radius 1 is 1.17 bits per heavy atom. The maximum absolute atomic E-state index is 14.3. The van der Waals surface area contributed by atoms with Gasteiger partial charge >= 0.3 is 18.1 Å². The number of halogens is 4. The molecule has 1 amide bonds. The zero-order chi connectivity index (χ0) is 24.3. The molecule has 1 N–H and O–H groups in total. The summed E-state index contributed by atoms with van der Waals surface area (Å²) >= 11 is 0. The largest absolute Gasteiger partial charge is 0.504 e. The van der Waals surface area contributed by atoms with Crippen molar-refractivity contribution in [1.29, 1.82) is 0 Å². The highest BCUT2D eigenvalue weighted by atomic mass is 19.4. The van der Waals surface area contributed by atoms with E-state index in [1.54, 1.807) is 6.20 Å². The molecule has 15 heteroatoms. The lowest BCUT2D eigenvalue weighted by molar-refractivity contribution is -0.212. The number of nitrogens with zero attached hydrogens (tertiary/aromatic N) is 8. The van der Waals surface area contributed by atoms with E-state index in [0.717, 1.165) is 11.8 Å². The first-order valence-electron chi connectivity index (χ1n) is 10.2. The van der Waals surface area contributed by atoms with Crippen molar-refractivity contribution in [3.8, 4) is 11.6 Å². The minimum absolute atomic E-state index is 0.212. The molecule has 0 aliphatic carbocycles. The van der Waals surface area contributed by atoms with Crippen LogP contribution in [0.4, 0.5) is 17.6 Å². The van der Waals surface area contributed by atoms with Gasteiger partial charge in [0.2, 0.25) is 0 Å². The van der Waals surface area contributed by atoms with Crippen LogP contribution in [0.25, 0.3) is 17.1 Å². The van der Waals surface area contributed by atoms with Gasteiger partial charge < -0.3 is 14.3 Å². The molecule has 6 rings (SSSR count). The van der Waals surface area contributed by atoms with Gasteiger partial charge in [0, 0.05) is 31.1 Å². The van der Waals surface area contributed by atoms with E-state index in [1.807, 2.05) is 0 Å². The molecule has 0 fully saturated rings. The van der Waals surface area contributed by atoms with E-state index in [-0.39, 0.29) is 28.3 Å². The fourth-order valence-corrected chi connectivity index (χ4v) is 4.04. The first-order chi connectivity index (χ1) is 16.8. The van der Waals surface area contributed by atoms with Crippen molar-refractivity contribution in [3.05, 3.63) is 71.8 Å². The number of carbonyl (C=O) groups is 1. The molecule has 1 atom stereocenters. The van der Waals surface area contributed by atoms with Gasteiger partial charge in [0.1, 0.15) is 23.1 Å². The van der Waals surface area contributed by atoms with Crippen molar-refractivity contribution in [2.75, 3.05) is 6.54 Å². The maximum atomic E-state index is 14.3. The molecule has 1 aliphatic rings. The molecule has 0 spiro atoms. The van der Waals surface area contributed by atoms with Crippen LogP contribution in [-0.2, 0) is 12.7 Å². The summed E-state index contributed by atoms with van der Waals surface area (Å²) < 4.78 is 59.3. The molecular weight excluding hydrogens is 474 g/mol. The number of hydrogen-bond acceptors (Lipinski definition) is 7. The van der Waals surface area contributed by atoms with Gasteiger partial charge in [-0.25, -0.2) is 13.9 Å². The Balaban J connectivity index is 1.37. The third-order valence-corrected chi connectivity index (χ3v) is 5.61. The molecule has 6 heterocycles. The number of pyridine rings is 1. The van der Waals surface area contributed by atoms with Crippen LogP contribution in [0, 0.1) is 5.82 Å². The summed E-state index contributed by atoms with van der Waals surface area (Å²) in [5.74, 6) is -1.96. The molecule has 0 saturated heterocycles. The van der Waals surface area contributed by atoms with Crippen molar-refractivity contribution < 1.29 is 26.8 Å². The second-order valence-corrected chi connectivity index (χ2v) is 7.70. The van der Waals surface area contributed by atoms with Crippen molar-refractivity contribution in [2.45, 2.75) is 18.8 Å². The zero-order valence-corrected chi connectivity index (χ0v) is 17.4. The number of aromatic nitrogens is 8. The molecule has 0 unspecified atom stereocenters. The topological polar surface area (TPSA) is 123 Å². The third kappa shape index (κ3) is 3.43. The summed E-state index contributed by atoms with van der Waals surface area (Å²) in [5, 5.41) is 15.2. The summed E-state index contributed by atoms with van der Waals surface area (Å²) in [5.41, 5.74) is 1.66. The van der Waals surface area contributed by atoms with E-state index < -0.39 is 30.0 Å². The molecule has 0 saturated carbocycles. The smallest absolute Gasteiger partial charge is 0.411 e. The van der Waals surface area contributed by atoms with Gasteiger partial charge in [0.25, 0.3) is 5.89 Å². The van der Waals surface area contributed by atoms with Gasteiger partial charge in [-0.05, 0) is 24.3 Å². The minimum Gasteiger partial charge on any atom is -0.411 e. The lowest BCUT2D eigenvalue weighted by atomic mass is 9.99. The van der Waals surface area contributed by atoms with Crippen molar-refractivity contribution in [1.82, 2.24) is 44.5 Å². The molecule has 35 heavy (non-hydrogen) atoms. The fraction of sp³-hybridized carbons (Fsp3) is 0.200. The monoisotopic (exact) mass is 487 g/mol. The summed E-state index contributed by atoms with van der Waals surface area (Å²) in [6.07, 6.45) is -0.511. The second-order valence-electron chi connectivity index (χ2n) is 7.70. The minimum atomic E-state index is -4.72. The third-order valence-electron chi connectivity index (χ3n) is 5.61. The molecule has 0 aromatic carbocycles. The Bertz CT molecular complexity index is 1560. The molecule has 0 bridgehead atoms. The number of nitrogens with one attached hydrogen (secondary N) is 1. The first-order valence-corrected chi connectivity index (χ1v) is 10.2. The highest BCUT2D eigenvalue weighted by Crippen LogP contribution is 2.34. The van der Waals surface area contributed by atoms with E-state index in [9.17, 15) is 22.4 Å². The molecule has 1 aliphatic heterocycles. The van der Waals surface area contributed by atoms with Crippen molar-refractivity contribution in [2.24, 2.45) is 0 Å². The van der Waals surface area contributed by atoms with Crippen LogP contribution < -0.4 is 0 Å². The predicted molar refractivity (Wildman–Crippen MR) is 107 cm³/mol. The summed E-state index contributed by atoms with van der Waals surface area (Å²) in [6.45, 7) is 0.218. The number of imidazole rings is 1. The molecule has 178 valence electrons. The van der Waals surface area contributed by atoms with Crippen molar-refractivity contribution >= 4 is 11.4 Å². The van der Waals surface area contributed by atoms with E-state index >= 15 is 0 Å². The first kappa shape index (κ1) is 21.0. The average Bonchev–Trinajstić information content (AvgIpc) is 3.62. The number of amides is 1. The van der Waals surface area contributed by atoms with Gasteiger partial charge in [-0.15, -0.1) is 23.4 Å². The Hall–Kier alpha value is -4.56. The quantitative estimate of drug-likeness (QED) is 0.388. The SMILES string of the molecule is O=C(c1nnc(-c2ccn(C(F)(F)F)n2)o1)N1CCc2[nH]cnc2[C@@H]1c1cc2c(F)cccn2n1. The van der Waals surface area contributed by atoms with E-state index in [2.05, 4.69) is 30.4 Å². The van der Waals surface area contributed by atoms with Crippen LogP contribution in [0.15, 0.2) is 47.4 Å². The second kappa shape index (κ2) is 7.48. The molecular formula is C20H13F4N9O2. The highest BCUT2D eigenvalue weighted by molar-refractivity contribution is 5.90. The number of fused-ring (bicyclic) bond motifs is 2. The number of aromatic amines is 1. The van der Waals surface area contributed by atoms with Crippen LogP contribution in [0.1, 0.15) is 33.8 Å². The number of alkyl halides is 3. The summed E-state index contributed by atoms with van der Waals surface area (Å²) in [7, 11) is 0. The number of carbonyl (C=O) groups excluding carboxylic acids is 1. The number of rotatable bonds is 3. The summed E-state index contributed by atoms with van der Waals surface area (Å²) in [6, 6.07) is 4.57. The number of hydrogen-bond donors (Lipinski definition) is 1. The molecule has 5 aromatic rings. The zero-order valence-electron chi connectivity index (χ0n) is 17.4. The van der Waals surface area contributed by atoms with Gasteiger partial charge in [-0.2, -0.15) is 14.9 Å². The van der Waals surface area contributed by atoms with Crippen LogP contribution >= 0.6 is 0 Å². The lowest BCUT2D eigenvalue weighted by Gasteiger charge is -2.32. The molecule has 0 radical (unpaired) electrons. The van der Waals surface area contributed by atoms with Gasteiger partial charge in [-0.1, -0.05) is 0 Å². The highest BCUT2D eigenvalue weighted by Gasteiger charge is 2.38. The molecule has 5 aromatic heterocycles. The molecule has 11 nitrogen and oxygen atoms in total. The van der Waals surface area contributed by atoms with E-state index in [4.69, 9.17) is 4.42 Å². The van der Waals surface area contributed by atoms with Crippen LogP contribution in [0.5, 0.6) is 0 Å². The fourth-order valence-electron chi connectivity index (χ4n) is 4.04. The maximum Gasteiger partial charge on any atom is 0.504 e. The van der Waals surface area contributed by atoms with Crippen LogP contribution in [-0.4, -0.2) is 56.9 Å². The Morgan fingerprint density at radius 3 is 2.80 bits per heavy atom. The Morgan fingerprint density at radius 2 is 2.03 bits per heavy atom.